The summed E-state index contributed by atoms with van der Waals surface area (Å²) >= 11 is 3.04. The van der Waals surface area contributed by atoms with E-state index in [9.17, 15) is 23.1 Å². The molecule has 0 aliphatic rings. The number of carbonyl (C=O) groups excluding carboxylic acids is 1. The number of carbonyl (C=O) groups is 1. The molecule has 0 bridgehead atoms. The molecule has 0 aliphatic heterocycles. The Morgan fingerprint density at radius 3 is 2.03 bits per heavy atom. The van der Waals surface area contributed by atoms with Gasteiger partial charge in [0.1, 0.15) is 22.3 Å². The second-order valence-electron chi connectivity index (χ2n) is 5.60. The highest BCUT2D eigenvalue weighted by Gasteiger charge is 2.36. The van der Waals surface area contributed by atoms with Crippen molar-refractivity contribution in [3.63, 3.8) is 0 Å². The molecule has 0 saturated heterocycles. The van der Waals surface area contributed by atoms with Crippen LogP contribution < -0.4 is 5.32 Å². The van der Waals surface area contributed by atoms with Crippen LogP contribution in [0.1, 0.15) is 79.1 Å². The lowest BCUT2D eigenvalue weighted by Gasteiger charge is -2.22. The van der Waals surface area contributed by atoms with Crippen LogP contribution in [0.25, 0.3) is 0 Å². The van der Waals surface area contributed by atoms with Gasteiger partial charge in [0.15, 0.2) is 11.3 Å². The van der Waals surface area contributed by atoms with Crippen molar-refractivity contribution in [3.8, 4) is 12.1 Å². The maximum absolute atomic E-state index is 13.0. The van der Waals surface area contributed by atoms with Crippen LogP contribution in [-0.4, -0.2) is 31.4 Å². The number of amides is 1. The Kier molecular flexibility index (Phi) is 19.2. The molecule has 0 fully saturated rings. The van der Waals surface area contributed by atoms with Crippen molar-refractivity contribution in [1.82, 2.24) is 14.8 Å². The Morgan fingerprint density at radius 1 is 1.11 bits per heavy atom. The van der Waals surface area contributed by atoms with Gasteiger partial charge in [-0.1, -0.05) is 55.4 Å². The van der Waals surface area contributed by atoms with Crippen molar-refractivity contribution in [3.05, 3.63) is 39.9 Å². The van der Waals surface area contributed by atoms with Crippen molar-refractivity contribution in [2.45, 2.75) is 80.6 Å². The van der Waals surface area contributed by atoms with Gasteiger partial charge >= 0.3 is 6.18 Å². The van der Waals surface area contributed by atoms with Crippen LogP contribution in [0.2, 0.25) is 0 Å². The zero-order valence-corrected chi connectivity index (χ0v) is 23.1. The van der Waals surface area contributed by atoms with Crippen LogP contribution in [0, 0.1) is 22.7 Å². The molecule has 196 valence electrons. The number of nitrogens with one attached hydrogen (secondary N) is 1. The zero-order valence-electron chi connectivity index (χ0n) is 21.5. The number of alkyl halides is 3. The minimum atomic E-state index is -4.84. The van der Waals surface area contributed by atoms with Crippen LogP contribution in [-0.2, 0) is 17.5 Å². The summed E-state index contributed by atoms with van der Waals surface area (Å²) in [5, 5.41) is 33.9. The average Bonchev–Trinajstić information content (AvgIpc) is 3.21. The van der Waals surface area contributed by atoms with E-state index in [1.54, 1.807) is 0 Å². The van der Waals surface area contributed by atoms with Crippen molar-refractivity contribution < 1.29 is 23.1 Å². The number of halogens is 4. The number of aliphatic hydroxyl groups is 1. The Bertz CT molecular complexity index is 977. The normalized spacial score (nSPS) is 11.0. The first-order valence-electron chi connectivity index (χ1n) is 11.1. The summed E-state index contributed by atoms with van der Waals surface area (Å²) in [4.78, 5) is 15.6. The van der Waals surface area contributed by atoms with Crippen LogP contribution in [0.3, 0.4) is 0 Å². The molecule has 1 amide bonds. The molecule has 8 nitrogen and oxygen atoms in total. The molecular weight excluding hydrogens is 529 g/mol. The van der Waals surface area contributed by atoms with E-state index in [1.807, 2.05) is 61.5 Å². The van der Waals surface area contributed by atoms with Gasteiger partial charge in [-0.25, -0.2) is 4.98 Å². The third-order valence-electron chi connectivity index (χ3n) is 3.35. The molecule has 0 aromatic carbocycles. The summed E-state index contributed by atoms with van der Waals surface area (Å²) in [6, 6.07) is 3.72. The molecule has 2 N–H and O–H groups in total. The molecule has 1 atom stereocenters. The summed E-state index contributed by atoms with van der Waals surface area (Å²) in [7, 11) is 0. The zero-order chi connectivity index (χ0) is 28.4. The number of rotatable bonds is 4. The highest BCUT2D eigenvalue weighted by atomic mass is 79.9. The lowest BCUT2D eigenvalue weighted by molar-refractivity contribution is -0.138. The van der Waals surface area contributed by atoms with Gasteiger partial charge in [-0.3, -0.25) is 9.48 Å². The summed E-state index contributed by atoms with van der Waals surface area (Å²) < 4.78 is 40.2. The van der Waals surface area contributed by atoms with Gasteiger partial charge < -0.3 is 10.4 Å². The SMILES string of the molecule is CC.CC.CC.CC.C[C@](O)(Cn1cc(C#N)c(Br)n1)C(=O)Nc1cnc(C#N)c(C(F)(F)F)c1. The highest BCUT2D eigenvalue weighted by molar-refractivity contribution is 9.10. The van der Waals surface area contributed by atoms with E-state index in [-0.39, 0.29) is 22.4 Å². The second-order valence-corrected chi connectivity index (χ2v) is 6.35. The minimum Gasteiger partial charge on any atom is -0.378 e. The first-order valence-corrected chi connectivity index (χ1v) is 11.9. The van der Waals surface area contributed by atoms with E-state index in [2.05, 4.69) is 31.3 Å². The van der Waals surface area contributed by atoms with Crippen molar-refractivity contribution >= 4 is 27.5 Å². The maximum atomic E-state index is 13.0. The van der Waals surface area contributed by atoms with Gasteiger partial charge in [0.05, 0.1) is 24.0 Å². The van der Waals surface area contributed by atoms with Gasteiger partial charge in [-0.05, 0) is 28.9 Å². The van der Waals surface area contributed by atoms with Gasteiger partial charge in [0, 0.05) is 6.20 Å². The predicted octanol–water partition coefficient (Wildman–Crippen LogP) is 6.30. The lowest BCUT2D eigenvalue weighted by Crippen LogP contribution is -2.44. The van der Waals surface area contributed by atoms with Crippen molar-refractivity contribution in [1.29, 1.82) is 10.5 Å². The molecule has 0 saturated carbocycles. The number of aromatic nitrogens is 3. The summed E-state index contributed by atoms with van der Waals surface area (Å²) in [5.41, 5.74) is -4.37. The summed E-state index contributed by atoms with van der Waals surface area (Å²) in [6.07, 6.45) is -2.67. The van der Waals surface area contributed by atoms with E-state index < -0.39 is 28.9 Å². The van der Waals surface area contributed by atoms with E-state index in [1.165, 1.54) is 12.3 Å². The van der Waals surface area contributed by atoms with Crippen molar-refractivity contribution in [2.24, 2.45) is 0 Å². The lowest BCUT2D eigenvalue weighted by atomic mass is 10.1. The molecular formula is C23H34BrF3N6O2. The molecule has 2 heterocycles. The van der Waals surface area contributed by atoms with E-state index in [4.69, 9.17) is 10.5 Å². The number of nitriles is 2. The Balaban J connectivity index is -0.00000116. The third-order valence-corrected chi connectivity index (χ3v) is 3.94. The molecule has 0 unspecified atom stereocenters. The maximum Gasteiger partial charge on any atom is 0.419 e. The van der Waals surface area contributed by atoms with Crippen LogP contribution in [0.4, 0.5) is 18.9 Å². The molecule has 2 aromatic heterocycles. The number of pyridine rings is 1. The van der Waals surface area contributed by atoms with Gasteiger partial charge in [-0.15, -0.1) is 0 Å². The first-order chi connectivity index (χ1) is 16.5. The van der Waals surface area contributed by atoms with Crippen LogP contribution >= 0.6 is 15.9 Å². The fourth-order valence-corrected chi connectivity index (χ4v) is 2.44. The molecule has 0 radical (unpaired) electrons. The topological polar surface area (TPSA) is 128 Å². The number of hydrogen-bond donors (Lipinski definition) is 2. The molecule has 2 aromatic rings. The highest BCUT2D eigenvalue weighted by Crippen LogP contribution is 2.32. The van der Waals surface area contributed by atoms with Gasteiger partial charge in [-0.2, -0.15) is 28.8 Å². The largest absolute Gasteiger partial charge is 0.419 e. The molecule has 2 rings (SSSR count). The Labute approximate surface area is 213 Å². The number of anilines is 1. The predicted molar refractivity (Wildman–Crippen MR) is 133 cm³/mol. The quantitative estimate of drug-likeness (QED) is 0.450. The Hall–Kier alpha value is -2.96. The first kappa shape index (κ1) is 36.6. The van der Waals surface area contributed by atoms with E-state index >= 15 is 0 Å². The van der Waals surface area contributed by atoms with E-state index in [0.29, 0.717) is 6.07 Å². The van der Waals surface area contributed by atoms with Crippen LogP contribution in [0.5, 0.6) is 0 Å². The fraction of sp³-hybridized carbons (Fsp3) is 0.522. The number of nitrogens with zero attached hydrogens (tertiary/aromatic N) is 5. The smallest absolute Gasteiger partial charge is 0.378 e. The third kappa shape index (κ3) is 11.8. The molecule has 0 aliphatic carbocycles. The number of hydrogen-bond acceptors (Lipinski definition) is 6. The second kappa shape index (κ2) is 18.4. The molecule has 0 spiro atoms. The monoisotopic (exact) mass is 562 g/mol. The van der Waals surface area contributed by atoms with Gasteiger partial charge in [0.25, 0.3) is 5.91 Å². The summed E-state index contributed by atoms with van der Waals surface area (Å²) in [6.45, 7) is 16.8. The molecule has 12 heteroatoms. The standard InChI is InChI=1S/C15H10BrF3N6O2.4C2H6/c1-14(27,7-25-6-8(3-20)12(16)24-25)13(26)23-9-2-10(15(17,18)19)11(4-21)22-5-9;4*1-2/h2,5-6,27H,7H2,1H3,(H,23,26);4*1-2H3/t14-;;;;/m0..../s1. The summed E-state index contributed by atoms with van der Waals surface area (Å²) in [5.74, 6) is -1.02. The van der Waals surface area contributed by atoms with E-state index in [0.717, 1.165) is 17.8 Å². The Morgan fingerprint density at radius 2 is 1.63 bits per heavy atom. The van der Waals surface area contributed by atoms with Crippen molar-refractivity contribution in [2.75, 3.05) is 5.32 Å². The minimum absolute atomic E-state index is 0.178. The van der Waals surface area contributed by atoms with Crippen LogP contribution in [0.15, 0.2) is 23.1 Å². The van der Waals surface area contributed by atoms with Gasteiger partial charge in [0.2, 0.25) is 0 Å². The fourth-order valence-electron chi connectivity index (χ4n) is 2.05. The average molecular weight is 563 g/mol. The molecule has 35 heavy (non-hydrogen) atoms.